The first-order chi connectivity index (χ1) is 10.6. The van der Waals surface area contributed by atoms with Crippen molar-refractivity contribution in [1.29, 1.82) is 5.26 Å². The third-order valence-corrected chi connectivity index (χ3v) is 4.86. The van der Waals surface area contributed by atoms with E-state index in [1.807, 2.05) is 17.5 Å². The molecule has 1 N–H and O–H groups in total. The van der Waals surface area contributed by atoms with E-state index in [4.69, 9.17) is 0 Å². The van der Waals surface area contributed by atoms with Gasteiger partial charge in [0.25, 0.3) is 5.56 Å². The summed E-state index contributed by atoms with van der Waals surface area (Å²) in [7, 11) is 0. The van der Waals surface area contributed by atoms with Crippen LogP contribution < -0.4 is 5.56 Å². The maximum Gasteiger partial charge on any atom is 0.267 e. The molecular formula is C16H8BrFN2OS. The molecule has 3 aromatic rings. The number of nitrogens with one attached hydrogen (secondary N) is 1. The smallest absolute Gasteiger partial charge is 0.267 e. The predicted molar refractivity (Wildman–Crippen MR) is 88.2 cm³/mol. The Hall–Kier alpha value is -2.23. The van der Waals surface area contributed by atoms with Gasteiger partial charge in [-0.2, -0.15) is 5.26 Å². The number of aromatic amines is 1. The Balaban J connectivity index is 2.23. The van der Waals surface area contributed by atoms with Crippen molar-refractivity contribution >= 4 is 27.3 Å². The van der Waals surface area contributed by atoms with E-state index in [2.05, 4.69) is 20.9 Å². The second-order valence-electron chi connectivity index (χ2n) is 4.55. The largest absolute Gasteiger partial charge is 0.321 e. The van der Waals surface area contributed by atoms with Crippen molar-refractivity contribution in [3.05, 3.63) is 68.0 Å². The van der Waals surface area contributed by atoms with Crippen LogP contribution in [0.4, 0.5) is 4.39 Å². The standard InChI is InChI=1S/C16H8BrFN2OS/c17-10-5-15(22-8-10)12-6-14(20-16(21)13(12)7-19)9-1-3-11(18)4-2-9/h1-6,8H,(H,20,21). The Morgan fingerprint density at radius 1 is 1.23 bits per heavy atom. The molecule has 108 valence electrons. The summed E-state index contributed by atoms with van der Waals surface area (Å²) in [5.74, 6) is -0.345. The van der Waals surface area contributed by atoms with Gasteiger partial charge in [0, 0.05) is 26.0 Å². The fourth-order valence-electron chi connectivity index (χ4n) is 2.10. The molecule has 0 aliphatic heterocycles. The van der Waals surface area contributed by atoms with E-state index in [1.54, 1.807) is 18.2 Å². The number of nitrogens with zero attached hydrogens (tertiary/aromatic N) is 1. The van der Waals surface area contributed by atoms with E-state index >= 15 is 0 Å². The van der Waals surface area contributed by atoms with Gasteiger partial charge in [-0.15, -0.1) is 11.3 Å². The van der Waals surface area contributed by atoms with Crippen molar-refractivity contribution in [2.45, 2.75) is 0 Å². The lowest BCUT2D eigenvalue weighted by Crippen LogP contribution is -2.12. The van der Waals surface area contributed by atoms with Crippen LogP contribution in [0.3, 0.4) is 0 Å². The number of H-pyrrole nitrogens is 1. The van der Waals surface area contributed by atoms with E-state index < -0.39 is 5.56 Å². The van der Waals surface area contributed by atoms with Crippen molar-refractivity contribution in [3.8, 4) is 27.8 Å². The zero-order chi connectivity index (χ0) is 15.7. The number of nitriles is 1. The third-order valence-electron chi connectivity index (χ3n) is 3.13. The summed E-state index contributed by atoms with van der Waals surface area (Å²) in [4.78, 5) is 15.6. The molecule has 0 unspecified atom stereocenters. The molecule has 0 amide bonds. The molecule has 0 radical (unpaired) electrons. The summed E-state index contributed by atoms with van der Waals surface area (Å²) in [5, 5.41) is 11.1. The predicted octanol–water partition coefficient (Wildman–Crippen LogP) is 4.54. The molecule has 2 heterocycles. The summed E-state index contributed by atoms with van der Waals surface area (Å²) in [6, 6.07) is 11.4. The fraction of sp³-hybridized carbons (Fsp3) is 0. The second-order valence-corrected chi connectivity index (χ2v) is 6.38. The first kappa shape index (κ1) is 14.7. The highest BCUT2D eigenvalue weighted by Gasteiger charge is 2.14. The van der Waals surface area contributed by atoms with Crippen LogP contribution >= 0.6 is 27.3 Å². The number of pyridine rings is 1. The van der Waals surface area contributed by atoms with Gasteiger partial charge in [-0.3, -0.25) is 4.79 Å². The molecule has 0 saturated carbocycles. The van der Waals surface area contributed by atoms with Gasteiger partial charge in [-0.25, -0.2) is 4.39 Å². The topological polar surface area (TPSA) is 56.6 Å². The Morgan fingerprint density at radius 2 is 1.95 bits per heavy atom. The summed E-state index contributed by atoms with van der Waals surface area (Å²) in [5.41, 5.74) is 1.41. The summed E-state index contributed by atoms with van der Waals surface area (Å²) in [6.45, 7) is 0. The minimum Gasteiger partial charge on any atom is -0.321 e. The van der Waals surface area contributed by atoms with E-state index in [0.29, 0.717) is 16.8 Å². The summed E-state index contributed by atoms with van der Waals surface area (Å²) in [6.07, 6.45) is 0. The van der Waals surface area contributed by atoms with Gasteiger partial charge < -0.3 is 4.98 Å². The van der Waals surface area contributed by atoms with Crippen molar-refractivity contribution in [2.24, 2.45) is 0 Å². The fourth-order valence-corrected chi connectivity index (χ4v) is 3.56. The van der Waals surface area contributed by atoms with Gasteiger partial charge in [-0.1, -0.05) is 0 Å². The second kappa shape index (κ2) is 5.87. The zero-order valence-corrected chi connectivity index (χ0v) is 13.5. The molecule has 0 aliphatic carbocycles. The monoisotopic (exact) mass is 374 g/mol. The van der Waals surface area contributed by atoms with Crippen LogP contribution in [-0.2, 0) is 0 Å². The quantitative estimate of drug-likeness (QED) is 0.715. The molecule has 0 atom stereocenters. The van der Waals surface area contributed by atoms with E-state index in [1.165, 1.54) is 23.5 Å². The van der Waals surface area contributed by atoms with Gasteiger partial charge in [0.2, 0.25) is 0 Å². The first-order valence-electron chi connectivity index (χ1n) is 6.26. The normalized spacial score (nSPS) is 10.4. The Labute approximate surface area is 137 Å². The molecule has 1 aromatic carbocycles. The number of thiophene rings is 1. The van der Waals surface area contributed by atoms with E-state index in [-0.39, 0.29) is 11.4 Å². The lowest BCUT2D eigenvalue weighted by Gasteiger charge is -2.06. The molecule has 2 aromatic heterocycles. The first-order valence-corrected chi connectivity index (χ1v) is 7.93. The number of halogens is 2. The highest BCUT2D eigenvalue weighted by Crippen LogP contribution is 2.32. The Morgan fingerprint density at radius 3 is 2.55 bits per heavy atom. The Kier molecular flexibility index (Phi) is 3.92. The van der Waals surface area contributed by atoms with Crippen LogP contribution in [0.5, 0.6) is 0 Å². The van der Waals surface area contributed by atoms with E-state index in [0.717, 1.165) is 9.35 Å². The van der Waals surface area contributed by atoms with Gasteiger partial charge in [0.15, 0.2) is 0 Å². The van der Waals surface area contributed by atoms with Gasteiger partial charge in [0.1, 0.15) is 17.4 Å². The highest BCUT2D eigenvalue weighted by molar-refractivity contribution is 9.10. The van der Waals surface area contributed by atoms with Crippen LogP contribution in [0.15, 0.2) is 51.0 Å². The van der Waals surface area contributed by atoms with Crippen LogP contribution in [0.2, 0.25) is 0 Å². The van der Waals surface area contributed by atoms with Crippen LogP contribution in [0.25, 0.3) is 21.7 Å². The average molecular weight is 375 g/mol. The number of benzene rings is 1. The van der Waals surface area contributed by atoms with Crippen LogP contribution in [-0.4, -0.2) is 4.98 Å². The maximum absolute atomic E-state index is 13.0. The van der Waals surface area contributed by atoms with Gasteiger partial charge >= 0.3 is 0 Å². The molecule has 3 rings (SSSR count). The number of hydrogen-bond acceptors (Lipinski definition) is 3. The summed E-state index contributed by atoms with van der Waals surface area (Å²) < 4.78 is 13.9. The third kappa shape index (κ3) is 2.73. The highest BCUT2D eigenvalue weighted by atomic mass is 79.9. The summed E-state index contributed by atoms with van der Waals surface area (Å²) >= 11 is 4.80. The maximum atomic E-state index is 13.0. The van der Waals surface area contributed by atoms with E-state index in [9.17, 15) is 14.4 Å². The minimum atomic E-state index is -0.455. The molecule has 0 spiro atoms. The Bertz CT molecular complexity index is 938. The molecular weight excluding hydrogens is 367 g/mol. The lowest BCUT2D eigenvalue weighted by molar-refractivity contribution is 0.628. The molecule has 22 heavy (non-hydrogen) atoms. The molecule has 0 bridgehead atoms. The number of hydrogen-bond donors (Lipinski definition) is 1. The molecule has 6 heteroatoms. The van der Waals surface area contributed by atoms with Crippen molar-refractivity contribution < 1.29 is 4.39 Å². The van der Waals surface area contributed by atoms with Gasteiger partial charge in [0.05, 0.1) is 0 Å². The number of rotatable bonds is 2. The van der Waals surface area contributed by atoms with Crippen molar-refractivity contribution in [1.82, 2.24) is 4.98 Å². The van der Waals surface area contributed by atoms with Crippen molar-refractivity contribution in [3.63, 3.8) is 0 Å². The van der Waals surface area contributed by atoms with Crippen molar-refractivity contribution in [2.75, 3.05) is 0 Å². The minimum absolute atomic E-state index is 0.0696. The van der Waals surface area contributed by atoms with Crippen LogP contribution in [0, 0.1) is 17.1 Å². The molecule has 3 nitrogen and oxygen atoms in total. The lowest BCUT2D eigenvalue weighted by atomic mass is 10.0. The molecule has 0 saturated heterocycles. The average Bonchev–Trinajstić information content (AvgIpc) is 2.93. The zero-order valence-electron chi connectivity index (χ0n) is 11.1. The molecule has 0 aliphatic rings. The number of aromatic nitrogens is 1. The molecule has 0 fully saturated rings. The SMILES string of the molecule is N#Cc1c(-c2cc(Br)cs2)cc(-c2ccc(F)cc2)[nH]c1=O. The van der Waals surface area contributed by atoms with Gasteiger partial charge in [-0.05, 0) is 57.9 Å². The van der Waals surface area contributed by atoms with Crippen LogP contribution in [0.1, 0.15) is 5.56 Å².